The molecule has 142 valence electrons. The van der Waals surface area contributed by atoms with E-state index in [1.54, 1.807) is 24.4 Å². The topological polar surface area (TPSA) is 102 Å². The van der Waals surface area contributed by atoms with Crippen LogP contribution in [0.15, 0.2) is 74.7 Å². The van der Waals surface area contributed by atoms with E-state index in [4.69, 9.17) is 4.42 Å². The molecule has 1 N–H and O–H groups in total. The number of Topliss-reactive ketones (excluding diaryl/α,β-unsaturated/α-hetero) is 1. The largest absolute Gasteiger partial charge is 0.445 e. The number of nitrogens with zero attached hydrogens (tertiary/aromatic N) is 2. The van der Waals surface area contributed by atoms with Crippen LogP contribution in [0.2, 0.25) is 0 Å². The molecule has 28 heavy (non-hydrogen) atoms. The van der Waals surface area contributed by atoms with Gasteiger partial charge in [0.1, 0.15) is 11.2 Å². The number of anilines is 1. The third-order valence-electron chi connectivity index (χ3n) is 4.42. The van der Waals surface area contributed by atoms with Gasteiger partial charge in [-0.05, 0) is 36.6 Å². The number of fused-ring (bicyclic) bond motifs is 1. The number of hydrogen-bond donors (Lipinski definition) is 1. The number of carbonyl (C=O) groups is 1. The molecule has 7 nitrogen and oxygen atoms in total. The molecule has 0 unspecified atom stereocenters. The highest BCUT2D eigenvalue weighted by Gasteiger charge is 2.27. The number of aryl methyl sites for hydroxylation is 1. The number of rotatable bonds is 6. The first-order chi connectivity index (χ1) is 13.5. The minimum absolute atomic E-state index is 0.0754. The van der Waals surface area contributed by atoms with Gasteiger partial charge in [-0.2, -0.15) is 8.42 Å². The molecule has 2 aromatic carbocycles. The van der Waals surface area contributed by atoms with Crippen LogP contribution < -0.4 is 5.32 Å². The third-order valence-corrected chi connectivity index (χ3v) is 5.76. The molecule has 0 amide bonds. The molecule has 0 saturated heterocycles. The van der Waals surface area contributed by atoms with Gasteiger partial charge in [-0.15, -0.1) is 4.40 Å². The van der Waals surface area contributed by atoms with E-state index >= 15 is 0 Å². The predicted molar refractivity (Wildman–Crippen MR) is 105 cm³/mol. The van der Waals surface area contributed by atoms with E-state index in [2.05, 4.69) is 14.7 Å². The van der Waals surface area contributed by atoms with E-state index in [-0.39, 0.29) is 22.9 Å². The number of nitrogens with one attached hydrogen (secondary N) is 1. The number of oxazole rings is 1. The number of carbonyl (C=O) groups excluding carboxylic acids is 1. The van der Waals surface area contributed by atoms with E-state index < -0.39 is 10.0 Å². The lowest BCUT2D eigenvalue weighted by Gasteiger charge is -2.17. The molecule has 0 bridgehead atoms. The number of hydrogen-bond acceptors (Lipinski definition) is 6. The number of ketones is 1. The van der Waals surface area contributed by atoms with Crippen LogP contribution >= 0.6 is 0 Å². The summed E-state index contributed by atoms with van der Waals surface area (Å²) >= 11 is 0. The number of benzene rings is 2. The minimum atomic E-state index is -3.87. The zero-order chi connectivity index (χ0) is 19.6. The highest BCUT2D eigenvalue weighted by atomic mass is 32.2. The van der Waals surface area contributed by atoms with Crippen molar-refractivity contribution in [2.75, 3.05) is 5.32 Å². The van der Waals surface area contributed by atoms with Crippen LogP contribution in [0.5, 0.6) is 0 Å². The Morgan fingerprint density at radius 3 is 2.68 bits per heavy atom. The van der Waals surface area contributed by atoms with Crippen LogP contribution in [-0.2, 0) is 21.2 Å². The monoisotopic (exact) mass is 395 g/mol. The van der Waals surface area contributed by atoms with Gasteiger partial charge in [0.25, 0.3) is 10.0 Å². The molecule has 8 heteroatoms. The maximum Gasteiger partial charge on any atom is 0.286 e. The Bertz CT molecular complexity index is 1150. The Balaban J connectivity index is 1.45. The molecule has 0 saturated carbocycles. The predicted octanol–water partition coefficient (Wildman–Crippen LogP) is 3.45. The molecule has 1 aliphatic rings. The fourth-order valence-corrected chi connectivity index (χ4v) is 4.23. The van der Waals surface area contributed by atoms with Gasteiger partial charge in [0, 0.05) is 12.0 Å². The van der Waals surface area contributed by atoms with Crippen LogP contribution in [0.4, 0.5) is 5.69 Å². The van der Waals surface area contributed by atoms with Crippen molar-refractivity contribution in [3.63, 3.8) is 0 Å². The second kappa shape index (κ2) is 7.40. The van der Waals surface area contributed by atoms with Gasteiger partial charge in [0.05, 0.1) is 11.9 Å². The lowest BCUT2D eigenvalue weighted by molar-refractivity contribution is -0.113. The molecule has 3 aromatic rings. The second-order valence-corrected chi connectivity index (χ2v) is 7.88. The van der Waals surface area contributed by atoms with Crippen molar-refractivity contribution < 1.29 is 17.6 Å². The lowest BCUT2D eigenvalue weighted by atomic mass is 10.0. The fourth-order valence-electron chi connectivity index (χ4n) is 3.10. The summed E-state index contributed by atoms with van der Waals surface area (Å²) < 4.78 is 33.5. The number of amidine groups is 1. The molecule has 1 aromatic heterocycles. The van der Waals surface area contributed by atoms with Gasteiger partial charge >= 0.3 is 0 Å². The SMILES string of the molecule is O=C(CCCc1ccccc1-c1ncco1)C1=NS(=O)(=O)c2ccccc2N1. The van der Waals surface area contributed by atoms with Gasteiger partial charge in [0.15, 0.2) is 11.6 Å². The van der Waals surface area contributed by atoms with E-state index in [1.807, 2.05) is 24.3 Å². The van der Waals surface area contributed by atoms with Crippen molar-refractivity contribution >= 4 is 27.3 Å². The average Bonchev–Trinajstić information content (AvgIpc) is 3.22. The van der Waals surface area contributed by atoms with Crippen LogP contribution in [0.3, 0.4) is 0 Å². The average molecular weight is 395 g/mol. The Morgan fingerprint density at radius 2 is 1.86 bits per heavy atom. The summed E-state index contributed by atoms with van der Waals surface area (Å²) in [4.78, 5) is 16.8. The third kappa shape index (κ3) is 3.59. The summed E-state index contributed by atoms with van der Waals surface area (Å²) in [5.41, 5.74) is 2.26. The van der Waals surface area contributed by atoms with Crippen LogP contribution in [0.25, 0.3) is 11.5 Å². The normalized spacial score (nSPS) is 14.6. The van der Waals surface area contributed by atoms with Crippen LogP contribution in [0, 0.1) is 0 Å². The summed E-state index contributed by atoms with van der Waals surface area (Å²) in [5, 5.41) is 2.83. The van der Waals surface area contributed by atoms with Crippen molar-refractivity contribution in [3.8, 4) is 11.5 Å². The number of para-hydroxylation sites is 1. The molecule has 1 aliphatic heterocycles. The van der Waals surface area contributed by atoms with Gasteiger partial charge in [0.2, 0.25) is 5.89 Å². The van der Waals surface area contributed by atoms with Crippen molar-refractivity contribution in [2.24, 2.45) is 4.40 Å². The van der Waals surface area contributed by atoms with Gasteiger partial charge < -0.3 is 9.73 Å². The molecule has 0 spiro atoms. The molecule has 0 radical (unpaired) electrons. The quantitative estimate of drug-likeness (QED) is 0.686. The van der Waals surface area contributed by atoms with Gasteiger partial charge in [-0.1, -0.05) is 30.3 Å². The lowest BCUT2D eigenvalue weighted by Crippen LogP contribution is -2.28. The fraction of sp³-hybridized carbons (Fsp3) is 0.150. The number of sulfonamides is 1. The summed E-state index contributed by atoms with van der Waals surface area (Å²) in [6.45, 7) is 0. The molecule has 4 rings (SSSR count). The van der Waals surface area contributed by atoms with Crippen molar-refractivity contribution in [3.05, 3.63) is 66.6 Å². The standard InChI is InChI=1S/C20H17N3O4S/c24-17(19-22-16-9-3-4-11-18(16)28(25,26)23-19)10-5-7-14-6-1-2-8-15(14)20-21-12-13-27-20/h1-4,6,8-9,11-13H,5,7,10H2,(H,22,23). The second-order valence-electron chi connectivity index (χ2n) is 6.31. The van der Waals surface area contributed by atoms with E-state index in [9.17, 15) is 13.2 Å². The molecule has 0 aliphatic carbocycles. The van der Waals surface area contributed by atoms with E-state index in [1.165, 1.54) is 12.3 Å². The summed E-state index contributed by atoms with van der Waals surface area (Å²) in [5.74, 6) is 0.0503. The Morgan fingerprint density at radius 1 is 1.07 bits per heavy atom. The van der Waals surface area contributed by atoms with Crippen molar-refractivity contribution in [1.29, 1.82) is 0 Å². The zero-order valence-corrected chi connectivity index (χ0v) is 15.6. The first kappa shape index (κ1) is 18.1. The molecular formula is C20H17N3O4S. The smallest absolute Gasteiger partial charge is 0.286 e. The maximum absolute atomic E-state index is 12.5. The molecular weight excluding hydrogens is 378 g/mol. The van der Waals surface area contributed by atoms with Crippen molar-refractivity contribution in [2.45, 2.75) is 24.2 Å². The zero-order valence-electron chi connectivity index (χ0n) is 14.8. The molecule has 0 atom stereocenters. The highest BCUT2D eigenvalue weighted by molar-refractivity contribution is 7.90. The Kier molecular flexibility index (Phi) is 4.79. The summed E-state index contributed by atoms with van der Waals surface area (Å²) in [6, 6.07) is 14.1. The molecule has 0 fully saturated rings. The van der Waals surface area contributed by atoms with E-state index in [0.717, 1.165) is 11.1 Å². The summed E-state index contributed by atoms with van der Waals surface area (Å²) in [6.07, 6.45) is 4.44. The summed E-state index contributed by atoms with van der Waals surface area (Å²) in [7, 11) is -3.87. The highest BCUT2D eigenvalue weighted by Crippen LogP contribution is 2.27. The van der Waals surface area contributed by atoms with Crippen LogP contribution in [-0.4, -0.2) is 25.0 Å². The maximum atomic E-state index is 12.5. The first-order valence-electron chi connectivity index (χ1n) is 8.76. The Labute approximate surface area is 162 Å². The minimum Gasteiger partial charge on any atom is -0.445 e. The Hall–Kier alpha value is -3.26. The molecule has 2 heterocycles. The van der Waals surface area contributed by atoms with Crippen LogP contribution in [0.1, 0.15) is 18.4 Å². The number of aromatic nitrogens is 1. The first-order valence-corrected chi connectivity index (χ1v) is 10.2. The van der Waals surface area contributed by atoms with Gasteiger partial charge in [-0.25, -0.2) is 4.98 Å². The van der Waals surface area contributed by atoms with E-state index in [0.29, 0.717) is 24.4 Å². The van der Waals surface area contributed by atoms with Gasteiger partial charge in [-0.3, -0.25) is 4.79 Å². The van der Waals surface area contributed by atoms with Crippen molar-refractivity contribution in [1.82, 2.24) is 4.98 Å².